The Balaban J connectivity index is 2.23. The van der Waals surface area contributed by atoms with Crippen LogP contribution < -0.4 is 0 Å². The number of nitrogens with zero attached hydrogens (tertiary/aromatic N) is 1. The highest BCUT2D eigenvalue weighted by Crippen LogP contribution is 2.27. The first-order valence-corrected chi connectivity index (χ1v) is 12.2. The second-order valence-corrected chi connectivity index (χ2v) is 9.74. The minimum atomic E-state index is -1.39. The normalized spacial score (nSPS) is 30.6. The smallest absolute Gasteiger partial charge is 0.309 e. The summed E-state index contributed by atoms with van der Waals surface area (Å²) >= 11 is 0. The fourth-order valence-electron chi connectivity index (χ4n) is 4.04. The van der Waals surface area contributed by atoms with Crippen molar-refractivity contribution in [3.05, 3.63) is 66.0 Å². The zero-order valence-electron chi connectivity index (χ0n) is 21.4. The van der Waals surface area contributed by atoms with Gasteiger partial charge >= 0.3 is 11.9 Å². The van der Waals surface area contributed by atoms with Crippen LogP contribution in [0.25, 0.3) is 0 Å². The molecule has 6 atom stereocenters. The van der Waals surface area contributed by atoms with Crippen molar-refractivity contribution in [1.82, 2.24) is 4.98 Å². The van der Waals surface area contributed by atoms with Crippen LogP contribution >= 0.6 is 0 Å². The summed E-state index contributed by atoms with van der Waals surface area (Å²) in [4.78, 5) is 28.5. The van der Waals surface area contributed by atoms with Crippen molar-refractivity contribution in [1.29, 1.82) is 0 Å². The van der Waals surface area contributed by atoms with Crippen LogP contribution in [0.1, 0.15) is 59.6 Å². The predicted molar refractivity (Wildman–Crippen MR) is 134 cm³/mol. The molecular formula is C28H39NO6. The van der Waals surface area contributed by atoms with Crippen molar-refractivity contribution in [2.45, 2.75) is 84.2 Å². The van der Waals surface area contributed by atoms with Gasteiger partial charge in [0.2, 0.25) is 0 Å². The summed E-state index contributed by atoms with van der Waals surface area (Å²) in [6.45, 7) is 8.74. The Kier molecular flexibility index (Phi) is 10.9. The Morgan fingerprint density at radius 2 is 2.09 bits per heavy atom. The van der Waals surface area contributed by atoms with E-state index in [-0.39, 0.29) is 31.1 Å². The summed E-state index contributed by atoms with van der Waals surface area (Å²) in [5.41, 5.74) is 0.465. The molecule has 7 nitrogen and oxygen atoms in total. The van der Waals surface area contributed by atoms with Gasteiger partial charge < -0.3 is 19.7 Å². The molecule has 2 heterocycles. The zero-order valence-corrected chi connectivity index (χ0v) is 21.4. The van der Waals surface area contributed by atoms with E-state index in [9.17, 15) is 19.8 Å². The molecule has 0 bridgehead atoms. The largest absolute Gasteiger partial charge is 0.457 e. The van der Waals surface area contributed by atoms with Crippen molar-refractivity contribution in [3.63, 3.8) is 0 Å². The van der Waals surface area contributed by atoms with E-state index in [4.69, 9.17) is 9.47 Å². The van der Waals surface area contributed by atoms with Gasteiger partial charge in [0.15, 0.2) is 0 Å². The Morgan fingerprint density at radius 3 is 2.74 bits per heavy atom. The number of rotatable bonds is 6. The number of carbonyl (C=O) groups excluding carboxylic acids is 2. The summed E-state index contributed by atoms with van der Waals surface area (Å²) < 4.78 is 11.1. The molecule has 192 valence electrons. The van der Waals surface area contributed by atoms with Gasteiger partial charge in [-0.05, 0) is 62.8 Å². The van der Waals surface area contributed by atoms with E-state index < -0.39 is 35.9 Å². The van der Waals surface area contributed by atoms with Crippen LogP contribution in [0.2, 0.25) is 0 Å². The second-order valence-electron chi connectivity index (χ2n) is 9.74. The summed E-state index contributed by atoms with van der Waals surface area (Å²) in [6, 6.07) is 5.86. The molecule has 2 rings (SSSR count). The van der Waals surface area contributed by atoms with Gasteiger partial charge in [-0.25, -0.2) is 0 Å². The van der Waals surface area contributed by atoms with Gasteiger partial charge in [-0.2, -0.15) is 0 Å². The molecule has 0 amide bonds. The number of allylic oxidation sites excluding steroid dienone is 3. The highest BCUT2D eigenvalue weighted by atomic mass is 16.6. The number of hydrogen-bond donors (Lipinski definition) is 2. The number of aromatic nitrogens is 1. The topological polar surface area (TPSA) is 106 Å². The van der Waals surface area contributed by atoms with E-state index in [1.807, 2.05) is 44.2 Å². The third-order valence-electron chi connectivity index (χ3n) is 6.12. The van der Waals surface area contributed by atoms with Gasteiger partial charge in [0, 0.05) is 24.7 Å². The molecule has 0 saturated heterocycles. The Labute approximate surface area is 208 Å². The molecule has 1 aromatic heterocycles. The van der Waals surface area contributed by atoms with Crippen molar-refractivity contribution in [2.24, 2.45) is 11.8 Å². The monoisotopic (exact) mass is 485 g/mol. The van der Waals surface area contributed by atoms with E-state index in [1.54, 1.807) is 25.3 Å². The number of aliphatic hydroxyl groups excluding tert-OH is 1. The molecule has 1 aliphatic heterocycles. The van der Waals surface area contributed by atoms with Crippen molar-refractivity contribution in [3.8, 4) is 0 Å². The van der Waals surface area contributed by atoms with Crippen LogP contribution in [0.15, 0.2) is 60.3 Å². The Bertz CT molecular complexity index is 921. The predicted octanol–water partition coefficient (Wildman–Crippen LogP) is 4.09. The molecule has 1 aliphatic rings. The van der Waals surface area contributed by atoms with Crippen LogP contribution in [0.3, 0.4) is 0 Å². The first-order valence-electron chi connectivity index (χ1n) is 12.2. The van der Waals surface area contributed by atoms with Gasteiger partial charge in [-0.1, -0.05) is 44.2 Å². The maximum absolute atomic E-state index is 12.5. The second kappa shape index (κ2) is 13.4. The van der Waals surface area contributed by atoms with Gasteiger partial charge in [0.25, 0.3) is 0 Å². The maximum Gasteiger partial charge on any atom is 0.309 e. The van der Waals surface area contributed by atoms with Crippen LogP contribution in [-0.4, -0.2) is 51.0 Å². The van der Waals surface area contributed by atoms with E-state index in [0.717, 1.165) is 17.7 Å². The minimum absolute atomic E-state index is 0.155. The molecule has 1 unspecified atom stereocenters. The van der Waals surface area contributed by atoms with Crippen LogP contribution in [0.5, 0.6) is 0 Å². The quantitative estimate of drug-likeness (QED) is 0.355. The summed E-state index contributed by atoms with van der Waals surface area (Å²) in [5, 5.41) is 21.2. The lowest BCUT2D eigenvalue weighted by atomic mass is 9.88. The van der Waals surface area contributed by atoms with E-state index >= 15 is 0 Å². The highest BCUT2D eigenvalue weighted by molar-refractivity contribution is 5.70. The number of cyclic esters (lactones) is 1. The summed E-state index contributed by atoms with van der Waals surface area (Å²) in [7, 11) is 0. The minimum Gasteiger partial charge on any atom is -0.457 e. The third kappa shape index (κ3) is 9.78. The molecule has 0 fully saturated rings. The summed E-state index contributed by atoms with van der Waals surface area (Å²) in [6.07, 6.45) is 9.68. The van der Waals surface area contributed by atoms with Crippen LogP contribution in [0.4, 0.5) is 0 Å². The lowest BCUT2D eigenvalue weighted by molar-refractivity contribution is -0.157. The van der Waals surface area contributed by atoms with Gasteiger partial charge in [0.1, 0.15) is 17.8 Å². The number of carbonyl (C=O) groups is 2. The average molecular weight is 486 g/mol. The molecule has 0 aliphatic carbocycles. The van der Waals surface area contributed by atoms with Gasteiger partial charge in [-0.15, -0.1) is 0 Å². The lowest BCUT2D eigenvalue weighted by Crippen LogP contribution is -2.42. The van der Waals surface area contributed by atoms with Crippen LogP contribution in [0, 0.1) is 11.8 Å². The van der Waals surface area contributed by atoms with E-state index in [2.05, 4.69) is 18.0 Å². The first kappa shape index (κ1) is 28.5. The molecule has 0 spiro atoms. The van der Waals surface area contributed by atoms with Crippen LogP contribution in [-0.2, 0) is 25.5 Å². The fraction of sp³-hybridized carbons (Fsp3) is 0.536. The first-order chi connectivity index (χ1) is 16.5. The Morgan fingerprint density at radius 1 is 1.34 bits per heavy atom. The van der Waals surface area contributed by atoms with Crippen molar-refractivity contribution in [2.75, 3.05) is 0 Å². The average Bonchev–Trinajstić information content (AvgIpc) is 2.78. The number of esters is 2. The SMILES string of the molecule is CC(=O)O[C@H]1/C=C/[C@H](C)[C@@H](/C(C)=C/C=C/C(C)Cc2ccccn2)OC(=O)C[C@@H](O)CC[C@]1(C)O. The molecule has 35 heavy (non-hydrogen) atoms. The number of pyridine rings is 1. The zero-order chi connectivity index (χ0) is 26.0. The molecule has 7 heteroatoms. The number of aliphatic hydroxyl groups is 2. The van der Waals surface area contributed by atoms with Gasteiger partial charge in [-0.3, -0.25) is 14.6 Å². The molecule has 0 aromatic carbocycles. The molecular weight excluding hydrogens is 446 g/mol. The lowest BCUT2D eigenvalue weighted by Gasteiger charge is -2.32. The number of hydrogen-bond acceptors (Lipinski definition) is 7. The van der Waals surface area contributed by atoms with Gasteiger partial charge in [0.05, 0.1) is 12.5 Å². The van der Waals surface area contributed by atoms with E-state index in [0.29, 0.717) is 0 Å². The third-order valence-corrected chi connectivity index (χ3v) is 6.12. The molecule has 0 radical (unpaired) electrons. The summed E-state index contributed by atoms with van der Waals surface area (Å²) in [5.74, 6) is -1.00. The fourth-order valence-corrected chi connectivity index (χ4v) is 4.04. The standard InChI is InChI=1S/C28H39NO6/c1-19(17-23-11-6-7-16-29-23)9-8-10-20(2)27-21(3)12-13-25(34-22(4)30)28(5,33)15-14-24(31)18-26(32)35-27/h6-13,16,19,21,24-25,27,31,33H,14-15,17-18H2,1-5H3/b9-8+,13-12+,20-10+/t19?,21-,24-,25-,27+,28-/m0/s1. The number of ether oxygens (including phenoxy) is 2. The van der Waals surface area contributed by atoms with Crippen molar-refractivity contribution < 1.29 is 29.3 Å². The van der Waals surface area contributed by atoms with E-state index in [1.165, 1.54) is 6.92 Å². The molecule has 2 N–H and O–H groups in total. The maximum atomic E-state index is 12.5. The molecule has 1 aromatic rings. The Hall–Kier alpha value is -2.77. The molecule has 0 saturated carbocycles. The highest BCUT2D eigenvalue weighted by Gasteiger charge is 2.34. The van der Waals surface area contributed by atoms with Crippen molar-refractivity contribution >= 4 is 11.9 Å².